The zero-order chi connectivity index (χ0) is 13.6. The number of benzene rings is 1. The van der Waals surface area contributed by atoms with Gasteiger partial charge in [0.2, 0.25) is 5.91 Å². The molecular weight excluding hydrogens is 233 g/mol. The number of amides is 1. The van der Waals surface area contributed by atoms with Crippen molar-refractivity contribution >= 4 is 5.91 Å². The molecule has 0 aliphatic rings. The summed E-state index contributed by atoms with van der Waals surface area (Å²) in [6, 6.07) is 5.85. The van der Waals surface area contributed by atoms with Gasteiger partial charge in [-0.1, -0.05) is 26.0 Å². The first-order valence-electron chi connectivity index (χ1n) is 6.21. The van der Waals surface area contributed by atoms with Crippen LogP contribution in [0.5, 0.6) is 0 Å². The summed E-state index contributed by atoms with van der Waals surface area (Å²) >= 11 is 0. The first-order chi connectivity index (χ1) is 8.55. The van der Waals surface area contributed by atoms with Crippen LogP contribution in [0, 0.1) is 5.82 Å². The van der Waals surface area contributed by atoms with Crippen molar-refractivity contribution in [2.24, 2.45) is 0 Å². The van der Waals surface area contributed by atoms with E-state index in [1.54, 1.807) is 12.1 Å². The number of aliphatic hydroxyl groups is 1. The van der Waals surface area contributed by atoms with E-state index in [2.05, 4.69) is 5.32 Å². The van der Waals surface area contributed by atoms with Crippen LogP contribution >= 0.6 is 0 Å². The second-order valence-electron chi connectivity index (χ2n) is 4.50. The van der Waals surface area contributed by atoms with Crippen LogP contribution in [0.1, 0.15) is 32.3 Å². The Labute approximate surface area is 107 Å². The standard InChI is InChI=1S/C14H20FNO2/c1-3-14(4-2,10-17)16-13(18)9-11-5-7-12(15)8-6-11/h5-8,17H,3-4,9-10H2,1-2H3,(H,16,18). The van der Waals surface area contributed by atoms with Crippen molar-refractivity contribution in [2.75, 3.05) is 6.61 Å². The van der Waals surface area contributed by atoms with Gasteiger partial charge in [0.15, 0.2) is 0 Å². The molecule has 100 valence electrons. The van der Waals surface area contributed by atoms with Gasteiger partial charge in [-0.15, -0.1) is 0 Å². The quantitative estimate of drug-likeness (QED) is 0.815. The molecule has 0 unspecified atom stereocenters. The van der Waals surface area contributed by atoms with Gasteiger partial charge < -0.3 is 10.4 Å². The molecule has 3 nitrogen and oxygen atoms in total. The molecule has 0 fully saturated rings. The Morgan fingerprint density at radius 1 is 1.28 bits per heavy atom. The molecule has 4 heteroatoms. The lowest BCUT2D eigenvalue weighted by Crippen LogP contribution is -2.51. The highest BCUT2D eigenvalue weighted by molar-refractivity contribution is 5.79. The second-order valence-corrected chi connectivity index (χ2v) is 4.50. The predicted molar refractivity (Wildman–Crippen MR) is 68.6 cm³/mol. The van der Waals surface area contributed by atoms with Crippen LogP contribution in [0.4, 0.5) is 4.39 Å². The predicted octanol–water partition coefficient (Wildman–Crippen LogP) is 2.04. The Morgan fingerprint density at radius 3 is 2.28 bits per heavy atom. The van der Waals surface area contributed by atoms with Gasteiger partial charge in [-0.25, -0.2) is 4.39 Å². The summed E-state index contributed by atoms with van der Waals surface area (Å²) in [7, 11) is 0. The number of carbonyl (C=O) groups excluding carboxylic acids is 1. The maximum absolute atomic E-state index is 12.7. The van der Waals surface area contributed by atoms with Crippen LogP contribution in [0.2, 0.25) is 0 Å². The van der Waals surface area contributed by atoms with Crippen molar-refractivity contribution in [1.82, 2.24) is 5.32 Å². The number of rotatable bonds is 6. The minimum absolute atomic E-state index is 0.0742. The minimum atomic E-state index is -0.545. The molecule has 0 aromatic heterocycles. The Bertz CT molecular complexity index is 377. The van der Waals surface area contributed by atoms with Gasteiger partial charge in [0.25, 0.3) is 0 Å². The van der Waals surface area contributed by atoms with Gasteiger partial charge in [0.05, 0.1) is 18.6 Å². The number of hydrogen-bond acceptors (Lipinski definition) is 2. The van der Waals surface area contributed by atoms with Crippen LogP contribution in [-0.4, -0.2) is 23.2 Å². The third-order valence-corrected chi connectivity index (χ3v) is 3.34. The van der Waals surface area contributed by atoms with E-state index in [1.165, 1.54) is 12.1 Å². The van der Waals surface area contributed by atoms with Crippen LogP contribution in [0.15, 0.2) is 24.3 Å². The summed E-state index contributed by atoms with van der Waals surface area (Å²) in [5.41, 5.74) is 0.213. The lowest BCUT2D eigenvalue weighted by Gasteiger charge is -2.30. The van der Waals surface area contributed by atoms with Crippen LogP contribution < -0.4 is 5.32 Å². The summed E-state index contributed by atoms with van der Waals surface area (Å²) in [5.74, 6) is -0.467. The van der Waals surface area contributed by atoms with Crippen LogP contribution in [0.3, 0.4) is 0 Å². The maximum Gasteiger partial charge on any atom is 0.224 e. The molecular formula is C14H20FNO2. The Kier molecular flexibility index (Phi) is 5.28. The molecule has 2 N–H and O–H groups in total. The fraction of sp³-hybridized carbons (Fsp3) is 0.500. The van der Waals surface area contributed by atoms with Gasteiger partial charge in [0, 0.05) is 0 Å². The third kappa shape index (κ3) is 3.81. The average Bonchev–Trinajstić information content (AvgIpc) is 2.39. The summed E-state index contributed by atoms with van der Waals surface area (Å²) in [4.78, 5) is 11.9. The lowest BCUT2D eigenvalue weighted by atomic mass is 9.93. The summed E-state index contributed by atoms with van der Waals surface area (Å²) < 4.78 is 12.7. The molecule has 0 aliphatic carbocycles. The molecule has 0 aliphatic heterocycles. The van der Waals surface area contributed by atoms with E-state index >= 15 is 0 Å². The normalized spacial score (nSPS) is 11.3. The van der Waals surface area contributed by atoms with E-state index in [1.807, 2.05) is 13.8 Å². The SMILES string of the molecule is CCC(CC)(CO)NC(=O)Cc1ccc(F)cc1. The number of hydrogen-bond donors (Lipinski definition) is 2. The Hall–Kier alpha value is -1.42. The minimum Gasteiger partial charge on any atom is -0.394 e. The molecule has 0 spiro atoms. The smallest absolute Gasteiger partial charge is 0.224 e. The summed E-state index contributed by atoms with van der Waals surface area (Å²) in [6.45, 7) is 3.78. The largest absolute Gasteiger partial charge is 0.394 e. The van der Waals surface area contributed by atoms with Gasteiger partial charge in [-0.2, -0.15) is 0 Å². The first kappa shape index (κ1) is 14.6. The lowest BCUT2D eigenvalue weighted by molar-refractivity contribution is -0.123. The Morgan fingerprint density at radius 2 is 1.83 bits per heavy atom. The number of halogens is 1. The molecule has 1 rings (SSSR count). The molecule has 0 atom stereocenters. The summed E-state index contributed by atoms with van der Waals surface area (Å²) in [6.07, 6.45) is 1.55. The first-order valence-corrected chi connectivity index (χ1v) is 6.21. The van der Waals surface area contributed by atoms with Crippen molar-refractivity contribution in [2.45, 2.75) is 38.6 Å². The molecule has 0 radical (unpaired) electrons. The number of carbonyl (C=O) groups is 1. The third-order valence-electron chi connectivity index (χ3n) is 3.34. The molecule has 0 heterocycles. The van der Waals surface area contributed by atoms with Crippen molar-refractivity contribution in [3.05, 3.63) is 35.6 Å². The zero-order valence-corrected chi connectivity index (χ0v) is 10.9. The van der Waals surface area contributed by atoms with E-state index in [9.17, 15) is 14.3 Å². The van der Waals surface area contributed by atoms with Crippen LogP contribution in [-0.2, 0) is 11.2 Å². The molecule has 0 saturated heterocycles. The fourth-order valence-corrected chi connectivity index (χ4v) is 1.82. The van der Waals surface area contributed by atoms with E-state index in [0.717, 1.165) is 5.56 Å². The van der Waals surface area contributed by atoms with E-state index < -0.39 is 5.54 Å². The van der Waals surface area contributed by atoms with Crippen LogP contribution in [0.25, 0.3) is 0 Å². The van der Waals surface area contributed by atoms with E-state index in [-0.39, 0.29) is 24.8 Å². The highest BCUT2D eigenvalue weighted by Gasteiger charge is 2.26. The number of nitrogens with one attached hydrogen (secondary N) is 1. The fourth-order valence-electron chi connectivity index (χ4n) is 1.82. The maximum atomic E-state index is 12.7. The molecule has 0 saturated carbocycles. The van der Waals surface area contributed by atoms with E-state index in [4.69, 9.17) is 0 Å². The van der Waals surface area contributed by atoms with Crippen molar-refractivity contribution in [3.8, 4) is 0 Å². The molecule has 0 bridgehead atoms. The van der Waals surface area contributed by atoms with E-state index in [0.29, 0.717) is 12.8 Å². The van der Waals surface area contributed by atoms with Gasteiger partial charge in [-0.05, 0) is 30.5 Å². The van der Waals surface area contributed by atoms with Crippen molar-refractivity contribution in [1.29, 1.82) is 0 Å². The zero-order valence-electron chi connectivity index (χ0n) is 10.9. The monoisotopic (exact) mass is 253 g/mol. The van der Waals surface area contributed by atoms with Gasteiger partial charge in [0.1, 0.15) is 5.82 Å². The highest BCUT2D eigenvalue weighted by Crippen LogP contribution is 2.14. The Balaban J connectivity index is 2.63. The topological polar surface area (TPSA) is 49.3 Å². The molecule has 1 amide bonds. The van der Waals surface area contributed by atoms with Crippen molar-refractivity contribution in [3.63, 3.8) is 0 Å². The molecule has 1 aromatic rings. The summed E-state index contributed by atoms with van der Waals surface area (Å²) in [5, 5.41) is 12.2. The average molecular weight is 253 g/mol. The highest BCUT2D eigenvalue weighted by atomic mass is 19.1. The molecule has 1 aromatic carbocycles. The molecule has 18 heavy (non-hydrogen) atoms. The van der Waals surface area contributed by atoms with Gasteiger partial charge in [-0.3, -0.25) is 4.79 Å². The van der Waals surface area contributed by atoms with Gasteiger partial charge >= 0.3 is 0 Å². The van der Waals surface area contributed by atoms with Crippen molar-refractivity contribution < 1.29 is 14.3 Å². The second kappa shape index (κ2) is 6.50. The number of aliphatic hydroxyl groups excluding tert-OH is 1.